The van der Waals surface area contributed by atoms with Crippen molar-refractivity contribution in [1.82, 2.24) is 5.32 Å². The molecule has 0 aliphatic carbocycles. The average molecular weight is 243 g/mol. The Kier molecular flexibility index (Phi) is 6.41. The van der Waals surface area contributed by atoms with Crippen molar-refractivity contribution in [3.63, 3.8) is 0 Å². The fraction of sp³-hybridized carbons (Fsp3) is 0.250. The molecule has 0 saturated heterocycles. The van der Waals surface area contributed by atoms with E-state index in [-0.39, 0.29) is 0 Å². The van der Waals surface area contributed by atoms with Gasteiger partial charge in [0.05, 0.1) is 6.26 Å². The first-order valence-corrected chi connectivity index (χ1v) is 6.11. The zero-order valence-electron chi connectivity index (χ0n) is 11.1. The van der Waals surface area contributed by atoms with E-state index in [4.69, 9.17) is 4.74 Å². The number of allylic oxidation sites excluding steroid dienone is 8. The molecular formula is C16H21NO. The van der Waals surface area contributed by atoms with Gasteiger partial charge in [-0.15, -0.1) is 0 Å². The van der Waals surface area contributed by atoms with Crippen LogP contribution in [0, 0.1) is 5.92 Å². The van der Waals surface area contributed by atoms with Crippen LogP contribution in [0.5, 0.6) is 0 Å². The fourth-order valence-corrected chi connectivity index (χ4v) is 1.41. The minimum atomic E-state index is 0.365. The molecule has 0 aromatic heterocycles. The molecule has 0 saturated carbocycles. The van der Waals surface area contributed by atoms with E-state index in [1.165, 1.54) is 0 Å². The third-order valence-electron chi connectivity index (χ3n) is 2.33. The summed E-state index contributed by atoms with van der Waals surface area (Å²) in [5, 5.41) is 3.22. The van der Waals surface area contributed by atoms with Gasteiger partial charge >= 0.3 is 0 Å². The van der Waals surface area contributed by atoms with Gasteiger partial charge in [-0.3, -0.25) is 0 Å². The van der Waals surface area contributed by atoms with Crippen molar-refractivity contribution >= 4 is 0 Å². The first-order valence-electron chi connectivity index (χ1n) is 6.11. The fourth-order valence-electron chi connectivity index (χ4n) is 1.41. The molecule has 0 bridgehead atoms. The average Bonchev–Trinajstić information content (AvgIpc) is 2.33. The molecule has 1 rings (SSSR count). The highest BCUT2D eigenvalue weighted by molar-refractivity contribution is 5.22. The second-order valence-electron chi connectivity index (χ2n) is 4.19. The van der Waals surface area contributed by atoms with Crippen molar-refractivity contribution in [1.29, 1.82) is 0 Å². The van der Waals surface area contributed by atoms with Gasteiger partial charge in [-0.1, -0.05) is 43.9 Å². The molecule has 0 aromatic rings. The number of rotatable bonds is 0. The normalized spacial score (nSPS) is 31.6. The maximum absolute atomic E-state index is 5.31. The van der Waals surface area contributed by atoms with Crippen LogP contribution in [-0.2, 0) is 4.74 Å². The molecule has 1 aliphatic rings. The highest BCUT2D eigenvalue weighted by Crippen LogP contribution is 2.03. The molecule has 0 fully saturated rings. The zero-order valence-corrected chi connectivity index (χ0v) is 11.1. The minimum Gasteiger partial charge on any atom is -0.497 e. The van der Waals surface area contributed by atoms with Gasteiger partial charge in [0.2, 0.25) is 0 Å². The van der Waals surface area contributed by atoms with E-state index in [9.17, 15) is 0 Å². The summed E-state index contributed by atoms with van der Waals surface area (Å²) >= 11 is 0. The number of hydrogen-bond donors (Lipinski definition) is 1. The predicted octanol–water partition coefficient (Wildman–Crippen LogP) is 3.84. The second kappa shape index (κ2) is 8.18. The quantitative estimate of drug-likeness (QED) is 0.653. The topological polar surface area (TPSA) is 21.3 Å². The Hall–Kier alpha value is -1.96. The predicted molar refractivity (Wildman–Crippen MR) is 77.7 cm³/mol. The van der Waals surface area contributed by atoms with Gasteiger partial charge in [0.1, 0.15) is 6.61 Å². The molecule has 0 radical (unpaired) electrons. The summed E-state index contributed by atoms with van der Waals surface area (Å²) in [5.74, 6) is 0.365. The zero-order chi connectivity index (χ0) is 13.2. The maximum atomic E-state index is 5.31. The Bertz CT molecular complexity index is 411. The number of nitrogens with one attached hydrogen (secondary N) is 1. The monoisotopic (exact) mass is 243 g/mol. The van der Waals surface area contributed by atoms with Gasteiger partial charge in [0.25, 0.3) is 0 Å². The lowest BCUT2D eigenvalue weighted by Crippen LogP contribution is -2.07. The van der Waals surface area contributed by atoms with Crippen LogP contribution in [0.3, 0.4) is 0 Å². The third kappa shape index (κ3) is 6.59. The van der Waals surface area contributed by atoms with E-state index < -0.39 is 0 Å². The molecule has 1 heterocycles. The molecule has 0 amide bonds. The Morgan fingerprint density at radius 1 is 1.28 bits per heavy atom. The van der Waals surface area contributed by atoms with Crippen molar-refractivity contribution in [2.75, 3.05) is 6.61 Å². The van der Waals surface area contributed by atoms with E-state index in [1.54, 1.807) is 6.26 Å². The minimum absolute atomic E-state index is 0.365. The Morgan fingerprint density at radius 2 is 2.11 bits per heavy atom. The van der Waals surface area contributed by atoms with Crippen molar-refractivity contribution in [3.8, 4) is 0 Å². The molecular weight excluding hydrogens is 222 g/mol. The highest BCUT2D eigenvalue weighted by atomic mass is 16.5. The van der Waals surface area contributed by atoms with Crippen LogP contribution in [0.1, 0.15) is 13.8 Å². The smallest absolute Gasteiger partial charge is 0.106 e. The second-order valence-corrected chi connectivity index (χ2v) is 4.19. The van der Waals surface area contributed by atoms with E-state index >= 15 is 0 Å². The summed E-state index contributed by atoms with van der Waals surface area (Å²) in [6.45, 7) is 8.68. The molecule has 96 valence electrons. The number of hydrogen-bond acceptors (Lipinski definition) is 2. The summed E-state index contributed by atoms with van der Waals surface area (Å²) in [7, 11) is 0. The van der Waals surface area contributed by atoms with Crippen LogP contribution < -0.4 is 5.32 Å². The van der Waals surface area contributed by atoms with Gasteiger partial charge in [-0.25, -0.2) is 0 Å². The first-order chi connectivity index (χ1) is 8.68. The SMILES string of the molecule is C=C1/C=C\C(C)/C=C\CO/C=C/C=C\C=C(/C)N1. The van der Waals surface area contributed by atoms with Gasteiger partial charge in [-0.05, 0) is 31.1 Å². The van der Waals surface area contributed by atoms with Gasteiger partial charge in [-0.2, -0.15) is 0 Å². The Labute approximate surface area is 110 Å². The summed E-state index contributed by atoms with van der Waals surface area (Å²) < 4.78 is 5.31. The molecule has 2 heteroatoms. The molecule has 2 nitrogen and oxygen atoms in total. The summed E-state index contributed by atoms with van der Waals surface area (Å²) in [5.41, 5.74) is 1.94. The van der Waals surface area contributed by atoms with Crippen LogP contribution in [0.2, 0.25) is 0 Å². The molecule has 0 spiro atoms. The first kappa shape index (κ1) is 14.1. The van der Waals surface area contributed by atoms with E-state index in [2.05, 4.69) is 31.0 Å². The van der Waals surface area contributed by atoms with Crippen LogP contribution >= 0.6 is 0 Å². The Balaban J connectivity index is 2.75. The van der Waals surface area contributed by atoms with Crippen LogP contribution in [0.15, 0.2) is 72.8 Å². The summed E-state index contributed by atoms with van der Waals surface area (Å²) in [4.78, 5) is 0. The summed E-state index contributed by atoms with van der Waals surface area (Å²) in [6, 6.07) is 0. The molecule has 1 unspecified atom stereocenters. The lowest BCUT2D eigenvalue weighted by Gasteiger charge is -2.05. The third-order valence-corrected chi connectivity index (χ3v) is 2.33. The van der Waals surface area contributed by atoms with E-state index in [1.807, 2.05) is 43.4 Å². The van der Waals surface area contributed by atoms with Gasteiger partial charge in [0, 0.05) is 11.4 Å². The lowest BCUT2D eigenvalue weighted by atomic mass is 10.1. The summed E-state index contributed by atoms with van der Waals surface area (Å²) in [6.07, 6.45) is 17.7. The van der Waals surface area contributed by atoms with Gasteiger partial charge < -0.3 is 10.1 Å². The van der Waals surface area contributed by atoms with Gasteiger partial charge in [0.15, 0.2) is 0 Å². The lowest BCUT2D eigenvalue weighted by molar-refractivity contribution is 0.289. The van der Waals surface area contributed by atoms with Crippen molar-refractivity contribution in [2.45, 2.75) is 13.8 Å². The van der Waals surface area contributed by atoms with Crippen molar-refractivity contribution < 1.29 is 4.74 Å². The Morgan fingerprint density at radius 3 is 2.94 bits per heavy atom. The van der Waals surface area contributed by atoms with E-state index in [0.717, 1.165) is 11.4 Å². The van der Waals surface area contributed by atoms with Crippen LogP contribution in [0.4, 0.5) is 0 Å². The maximum Gasteiger partial charge on any atom is 0.106 e. The molecule has 1 atom stereocenters. The molecule has 1 N–H and O–H groups in total. The van der Waals surface area contributed by atoms with Crippen molar-refractivity contribution in [2.24, 2.45) is 5.92 Å². The standard InChI is InChI=1S/C16H21NO/c1-14-8-7-13-18-12-6-4-5-9-15(2)17-16(3)11-10-14/h4-12,14,17H,3,13H2,1-2H3/b5-4-,8-7-,11-10-,12-6+,15-9+. The van der Waals surface area contributed by atoms with E-state index in [0.29, 0.717) is 12.5 Å². The number of ether oxygens (including phenoxy) is 1. The highest BCUT2D eigenvalue weighted by Gasteiger charge is 1.92. The largest absolute Gasteiger partial charge is 0.497 e. The van der Waals surface area contributed by atoms with Crippen LogP contribution in [0.25, 0.3) is 0 Å². The molecule has 1 aliphatic heterocycles. The molecule has 18 heavy (non-hydrogen) atoms. The van der Waals surface area contributed by atoms with Crippen LogP contribution in [-0.4, -0.2) is 6.61 Å². The molecule has 0 aromatic carbocycles. The van der Waals surface area contributed by atoms with Crippen molar-refractivity contribution in [3.05, 3.63) is 72.8 Å².